The molecule has 1 saturated heterocycles. The highest BCUT2D eigenvalue weighted by molar-refractivity contribution is 14.0. The van der Waals surface area contributed by atoms with Crippen molar-refractivity contribution < 1.29 is 19.0 Å². The van der Waals surface area contributed by atoms with Crippen LogP contribution < -0.4 is 14.8 Å². The van der Waals surface area contributed by atoms with Crippen LogP contribution in [0.4, 0.5) is 4.79 Å². The molecule has 1 aromatic rings. The van der Waals surface area contributed by atoms with E-state index >= 15 is 0 Å². The van der Waals surface area contributed by atoms with E-state index in [1.165, 1.54) is 0 Å². The number of guanidine groups is 1. The summed E-state index contributed by atoms with van der Waals surface area (Å²) in [6.07, 6.45) is -0.245. The molecule has 2 rings (SSSR count). The van der Waals surface area contributed by atoms with Crippen LogP contribution in [0.2, 0.25) is 0 Å². The van der Waals surface area contributed by atoms with Crippen LogP contribution in [0, 0.1) is 0 Å². The first-order valence-corrected chi connectivity index (χ1v) is 10.8. The van der Waals surface area contributed by atoms with Gasteiger partial charge in [-0.3, -0.25) is 4.99 Å². The fourth-order valence-corrected chi connectivity index (χ4v) is 3.54. The van der Waals surface area contributed by atoms with Gasteiger partial charge in [0.1, 0.15) is 0 Å². The number of benzene rings is 1. The van der Waals surface area contributed by atoms with Crippen molar-refractivity contribution in [3.8, 4) is 11.5 Å². The molecule has 1 atom stereocenters. The Morgan fingerprint density at radius 1 is 1.09 bits per heavy atom. The third-order valence-corrected chi connectivity index (χ3v) is 5.27. The lowest BCUT2D eigenvalue weighted by atomic mass is 10.1. The number of nitrogens with zero attached hydrogens (tertiary/aromatic N) is 4. The van der Waals surface area contributed by atoms with Gasteiger partial charge in [0.05, 0.1) is 33.4 Å². The lowest BCUT2D eigenvalue weighted by molar-refractivity contribution is 0.0914. The predicted molar refractivity (Wildman–Crippen MR) is 138 cm³/mol. The zero-order valence-electron chi connectivity index (χ0n) is 20.1. The van der Waals surface area contributed by atoms with Crippen molar-refractivity contribution in [2.45, 2.75) is 19.9 Å². The monoisotopic (exact) mass is 563 g/mol. The number of likely N-dealkylation sites (N-methyl/N-ethyl adjacent to an activating group) is 1. The maximum Gasteiger partial charge on any atom is 0.409 e. The minimum absolute atomic E-state index is 0. The number of hydrogen-bond acceptors (Lipinski definition) is 6. The third kappa shape index (κ3) is 7.58. The van der Waals surface area contributed by atoms with Gasteiger partial charge in [-0.2, -0.15) is 0 Å². The Morgan fingerprint density at radius 3 is 2.25 bits per heavy atom. The van der Waals surface area contributed by atoms with Gasteiger partial charge in [-0.15, -0.1) is 24.0 Å². The van der Waals surface area contributed by atoms with E-state index in [9.17, 15) is 4.79 Å². The second kappa shape index (κ2) is 14.2. The molecule has 0 radical (unpaired) electrons. The number of nitrogens with one attached hydrogen (secondary N) is 1. The zero-order valence-corrected chi connectivity index (χ0v) is 22.4. The first-order chi connectivity index (χ1) is 14.9. The number of methoxy groups -OCH3 is 2. The second-order valence-corrected chi connectivity index (χ2v) is 7.46. The molecule has 0 spiro atoms. The fraction of sp³-hybridized carbons (Fsp3) is 0.636. The molecule has 1 amide bonds. The highest BCUT2D eigenvalue weighted by Crippen LogP contribution is 2.31. The molecule has 1 unspecified atom stereocenters. The van der Waals surface area contributed by atoms with Gasteiger partial charge in [0.15, 0.2) is 17.5 Å². The van der Waals surface area contributed by atoms with Crippen LogP contribution in [0.1, 0.15) is 25.5 Å². The van der Waals surface area contributed by atoms with Gasteiger partial charge >= 0.3 is 6.09 Å². The van der Waals surface area contributed by atoms with Crippen molar-refractivity contribution in [2.75, 3.05) is 74.2 Å². The Morgan fingerprint density at radius 2 is 1.72 bits per heavy atom. The maximum absolute atomic E-state index is 12.0. The van der Waals surface area contributed by atoms with Crippen LogP contribution in [-0.2, 0) is 4.74 Å². The molecule has 182 valence electrons. The molecular formula is C22H38IN5O4. The first kappa shape index (κ1) is 28.1. The summed E-state index contributed by atoms with van der Waals surface area (Å²) in [6, 6.07) is 6.06. The zero-order chi connectivity index (χ0) is 22.8. The van der Waals surface area contributed by atoms with E-state index in [-0.39, 0.29) is 36.1 Å². The smallest absolute Gasteiger partial charge is 0.409 e. The summed E-state index contributed by atoms with van der Waals surface area (Å²) in [7, 11) is 7.36. The van der Waals surface area contributed by atoms with Crippen LogP contribution in [-0.4, -0.2) is 101 Å². The number of rotatable bonds is 8. The molecule has 1 aliphatic heterocycles. The average molecular weight is 563 g/mol. The van der Waals surface area contributed by atoms with Crippen LogP contribution in [0.5, 0.6) is 11.5 Å². The number of aliphatic imine (C=N–C) groups is 1. The van der Waals surface area contributed by atoms with Gasteiger partial charge in [-0.1, -0.05) is 6.07 Å². The molecule has 1 aliphatic rings. The van der Waals surface area contributed by atoms with Gasteiger partial charge in [0, 0.05) is 32.7 Å². The molecule has 0 bridgehead atoms. The molecule has 1 N–H and O–H groups in total. The maximum atomic E-state index is 12.0. The molecule has 0 aromatic heterocycles. The minimum Gasteiger partial charge on any atom is -0.493 e. The van der Waals surface area contributed by atoms with Crippen molar-refractivity contribution in [3.63, 3.8) is 0 Å². The molecule has 1 fully saturated rings. The van der Waals surface area contributed by atoms with E-state index in [1.807, 2.05) is 39.2 Å². The normalized spacial score (nSPS) is 15.2. The summed E-state index contributed by atoms with van der Waals surface area (Å²) >= 11 is 0. The summed E-state index contributed by atoms with van der Waals surface area (Å²) in [5.74, 6) is 2.27. The van der Waals surface area contributed by atoms with Gasteiger partial charge in [0.25, 0.3) is 0 Å². The van der Waals surface area contributed by atoms with Crippen molar-refractivity contribution in [3.05, 3.63) is 23.8 Å². The largest absolute Gasteiger partial charge is 0.493 e. The van der Waals surface area contributed by atoms with E-state index in [0.717, 1.165) is 18.1 Å². The van der Waals surface area contributed by atoms with Crippen LogP contribution in [0.15, 0.2) is 23.2 Å². The highest BCUT2D eigenvalue weighted by Gasteiger charge is 2.24. The molecule has 0 aliphatic carbocycles. The Labute approximate surface area is 209 Å². The topological polar surface area (TPSA) is 78.9 Å². The highest BCUT2D eigenvalue weighted by atomic mass is 127. The number of ether oxygens (including phenoxy) is 3. The number of piperazine rings is 1. The van der Waals surface area contributed by atoms with E-state index in [2.05, 4.69) is 22.0 Å². The molecule has 0 saturated carbocycles. The van der Waals surface area contributed by atoms with Crippen molar-refractivity contribution >= 4 is 36.0 Å². The molecule has 10 heteroatoms. The molecule has 9 nitrogen and oxygen atoms in total. The summed E-state index contributed by atoms with van der Waals surface area (Å²) in [5.41, 5.74) is 1.11. The molecular weight excluding hydrogens is 525 g/mol. The lowest BCUT2D eigenvalue weighted by Crippen LogP contribution is -2.54. The van der Waals surface area contributed by atoms with Gasteiger partial charge in [0.2, 0.25) is 0 Å². The molecule has 1 aromatic carbocycles. The number of hydrogen-bond donors (Lipinski definition) is 1. The van der Waals surface area contributed by atoms with Gasteiger partial charge in [-0.25, -0.2) is 4.79 Å². The van der Waals surface area contributed by atoms with E-state index in [1.54, 1.807) is 19.1 Å². The lowest BCUT2D eigenvalue weighted by Gasteiger charge is -2.36. The van der Waals surface area contributed by atoms with Crippen molar-refractivity contribution in [1.29, 1.82) is 0 Å². The first-order valence-electron chi connectivity index (χ1n) is 10.8. The second-order valence-electron chi connectivity index (χ2n) is 7.46. The summed E-state index contributed by atoms with van der Waals surface area (Å²) in [4.78, 5) is 23.0. The quantitative estimate of drug-likeness (QED) is 0.296. The van der Waals surface area contributed by atoms with Gasteiger partial charge in [-0.05, 0) is 45.6 Å². The summed E-state index contributed by atoms with van der Waals surface area (Å²) < 4.78 is 15.9. The van der Waals surface area contributed by atoms with Gasteiger partial charge < -0.3 is 34.2 Å². The van der Waals surface area contributed by atoms with Crippen LogP contribution >= 0.6 is 24.0 Å². The Hall–Kier alpha value is -1.95. The Kier molecular flexibility index (Phi) is 12.5. The minimum atomic E-state index is -0.245. The standard InChI is InChI=1S/C22H37N5O4.HI/c1-7-23-21(26-11-13-27(14-12-26)22(28)31-8-2)24-16-18(25(3)4)17-9-10-19(29-5)20(15-17)30-6;/h9-10,15,18H,7-8,11-14,16H2,1-6H3,(H,23,24);1H. The van der Waals surface area contributed by atoms with Crippen LogP contribution in [0.3, 0.4) is 0 Å². The number of carbonyl (C=O) groups excluding carboxylic acids is 1. The van der Waals surface area contributed by atoms with Crippen molar-refractivity contribution in [1.82, 2.24) is 20.0 Å². The Balaban J connectivity index is 0.00000512. The third-order valence-electron chi connectivity index (χ3n) is 5.27. The molecule has 1 heterocycles. The van der Waals surface area contributed by atoms with E-state index in [4.69, 9.17) is 19.2 Å². The number of amides is 1. The number of carbonyl (C=O) groups is 1. The Bertz CT molecular complexity index is 739. The summed E-state index contributed by atoms with van der Waals surface area (Å²) in [5, 5.41) is 3.39. The average Bonchev–Trinajstić information content (AvgIpc) is 2.78. The SMILES string of the molecule is CCNC(=NCC(c1ccc(OC)c(OC)c1)N(C)C)N1CCN(C(=O)OCC)CC1.I. The fourth-order valence-electron chi connectivity index (χ4n) is 3.54. The summed E-state index contributed by atoms with van der Waals surface area (Å²) in [6.45, 7) is 8.31. The molecule has 32 heavy (non-hydrogen) atoms. The van der Waals surface area contributed by atoms with Crippen LogP contribution in [0.25, 0.3) is 0 Å². The number of halogens is 1. The van der Waals surface area contributed by atoms with E-state index in [0.29, 0.717) is 50.8 Å². The van der Waals surface area contributed by atoms with E-state index < -0.39 is 0 Å². The van der Waals surface area contributed by atoms with Crippen molar-refractivity contribution in [2.24, 2.45) is 4.99 Å². The predicted octanol–water partition coefficient (Wildman–Crippen LogP) is 2.66.